The molecular formula is C30H28ClF2N2NaO5S2. The fourth-order valence-electron chi connectivity index (χ4n) is 4.45. The van der Waals surface area contributed by atoms with E-state index >= 15 is 4.39 Å². The van der Waals surface area contributed by atoms with Crippen molar-refractivity contribution in [3.8, 4) is 11.4 Å². The molecule has 0 amide bonds. The molecule has 0 aliphatic rings. The van der Waals surface area contributed by atoms with Crippen LogP contribution in [0.4, 0.5) is 8.78 Å². The second-order valence-electron chi connectivity index (χ2n) is 10.1. The standard InChI is InChI=1S/C30H29ClF2N2O5S2.Na/c1-30(2,21-8-13-24(31)27(16-21)40-3)28-17-34-29(35(28)23-11-9-22(32)10-12-23)41-18-20-7-6-19(15-25(20)33)26(36)5-4-14-42(37,38)39;/h6-13,15-17H,4-5,14,18H2,1-3H3,(H,37,38,39);/q;+1/p-1. The van der Waals surface area contributed by atoms with Gasteiger partial charge >= 0.3 is 29.6 Å². The van der Waals surface area contributed by atoms with E-state index in [1.165, 1.54) is 36.0 Å². The van der Waals surface area contributed by atoms with Crippen LogP contribution in [0.5, 0.6) is 5.75 Å². The first-order valence-electron chi connectivity index (χ1n) is 12.9. The smallest absolute Gasteiger partial charge is 0.748 e. The number of ether oxygens (including phenoxy) is 1. The monoisotopic (exact) mass is 656 g/mol. The van der Waals surface area contributed by atoms with Crippen LogP contribution in [0.15, 0.2) is 72.0 Å². The number of carbonyl (C=O) groups excluding carboxylic acids is 1. The molecule has 0 fully saturated rings. The Kier molecular flexibility index (Phi) is 12.0. The summed E-state index contributed by atoms with van der Waals surface area (Å²) in [5.74, 6) is -1.38. The van der Waals surface area contributed by atoms with Gasteiger partial charge in [0, 0.05) is 34.6 Å². The number of carbonyl (C=O) groups is 1. The van der Waals surface area contributed by atoms with Crippen LogP contribution in [0.2, 0.25) is 5.02 Å². The van der Waals surface area contributed by atoms with Gasteiger partial charge in [-0.2, -0.15) is 0 Å². The molecule has 0 aliphatic heterocycles. The Morgan fingerprint density at radius 2 is 1.79 bits per heavy atom. The summed E-state index contributed by atoms with van der Waals surface area (Å²) in [6.45, 7) is 4.03. The van der Waals surface area contributed by atoms with Crippen molar-refractivity contribution in [2.75, 3.05) is 12.9 Å². The number of nitrogens with zero attached hydrogens (tertiary/aromatic N) is 2. The predicted octanol–water partition coefficient (Wildman–Crippen LogP) is 3.94. The van der Waals surface area contributed by atoms with Gasteiger partial charge < -0.3 is 9.29 Å². The summed E-state index contributed by atoms with van der Waals surface area (Å²) in [5.41, 5.74) is 2.19. The number of benzene rings is 3. The van der Waals surface area contributed by atoms with Gasteiger partial charge in [0.25, 0.3) is 0 Å². The SMILES string of the molecule is COc1cc(C(C)(C)c2cnc(SCc3ccc(C(=O)CCCS(=O)(=O)[O-])cc3F)n2-c2ccc(F)cc2)ccc1Cl.[Na+]. The van der Waals surface area contributed by atoms with Crippen LogP contribution < -0.4 is 34.3 Å². The number of methoxy groups -OCH3 is 1. The topological polar surface area (TPSA) is 101 Å². The molecular weight excluding hydrogens is 629 g/mol. The van der Waals surface area contributed by atoms with Gasteiger partial charge in [-0.15, -0.1) is 0 Å². The van der Waals surface area contributed by atoms with Gasteiger partial charge in [0.15, 0.2) is 10.9 Å². The second kappa shape index (κ2) is 14.7. The number of hydrogen-bond acceptors (Lipinski definition) is 7. The van der Waals surface area contributed by atoms with Crippen LogP contribution in [-0.2, 0) is 21.3 Å². The van der Waals surface area contributed by atoms with E-state index in [1.807, 2.05) is 30.5 Å². The van der Waals surface area contributed by atoms with Crippen molar-refractivity contribution in [1.82, 2.24) is 9.55 Å². The molecule has 4 aromatic rings. The number of rotatable bonds is 12. The molecule has 0 radical (unpaired) electrons. The van der Waals surface area contributed by atoms with Crippen LogP contribution in [0, 0.1) is 11.6 Å². The molecule has 7 nitrogen and oxygen atoms in total. The first-order valence-corrected chi connectivity index (χ1v) is 15.8. The third kappa shape index (κ3) is 8.69. The number of ketones is 1. The molecule has 13 heteroatoms. The zero-order valence-electron chi connectivity index (χ0n) is 24.1. The molecule has 1 aromatic heterocycles. The molecule has 0 atom stereocenters. The van der Waals surface area contributed by atoms with Gasteiger partial charge in [-0.25, -0.2) is 22.2 Å². The van der Waals surface area contributed by atoms with Crippen molar-refractivity contribution in [2.45, 2.75) is 43.0 Å². The molecule has 3 aromatic carbocycles. The van der Waals surface area contributed by atoms with E-state index in [0.717, 1.165) is 17.3 Å². The van der Waals surface area contributed by atoms with Crippen LogP contribution >= 0.6 is 23.4 Å². The largest absolute Gasteiger partial charge is 1.00 e. The zero-order chi connectivity index (χ0) is 30.7. The number of hydrogen-bond donors (Lipinski definition) is 0. The Morgan fingerprint density at radius 1 is 1.09 bits per heavy atom. The van der Waals surface area contributed by atoms with Gasteiger partial charge in [-0.3, -0.25) is 9.36 Å². The minimum atomic E-state index is -4.42. The quantitative estimate of drug-likeness (QED) is 0.0986. The van der Waals surface area contributed by atoms with Crippen LogP contribution in [-0.4, -0.2) is 41.2 Å². The second-order valence-corrected chi connectivity index (χ2v) is 13.0. The maximum absolute atomic E-state index is 15.0. The first kappa shape index (κ1) is 35.2. The number of aromatic nitrogens is 2. The van der Waals surface area contributed by atoms with Gasteiger partial charge in [0.05, 0.1) is 34.1 Å². The van der Waals surface area contributed by atoms with Crippen molar-refractivity contribution in [3.63, 3.8) is 0 Å². The first-order chi connectivity index (χ1) is 19.8. The van der Waals surface area contributed by atoms with E-state index < -0.39 is 32.9 Å². The average Bonchev–Trinajstić information content (AvgIpc) is 3.37. The van der Waals surface area contributed by atoms with Gasteiger partial charge in [-0.05, 0) is 60.0 Å². The van der Waals surface area contributed by atoms with Gasteiger partial charge in [0.2, 0.25) is 0 Å². The van der Waals surface area contributed by atoms with E-state index in [-0.39, 0.29) is 59.5 Å². The zero-order valence-corrected chi connectivity index (χ0v) is 28.5. The Bertz CT molecular complexity index is 1710. The van der Waals surface area contributed by atoms with E-state index in [1.54, 1.807) is 31.5 Å². The minimum Gasteiger partial charge on any atom is -0.748 e. The maximum atomic E-state index is 15.0. The molecule has 4 rings (SSSR count). The molecule has 0 aliphatic carbocycles. The Balaban J connectivity index is 0.00000506. The predicted molar refractivity (Wildman–Crippen MR) is 158 cm³/mol. The van der Waals surface area contributed by atoms with Gasteiger partial charge in [-0.1, -0.05) is 55.4 Å². The van der Waals surface area contributed by atoms with Crippen molar-refractivity contribution in [3.05, 3.63) is 106 Å². The summed E-state index contributed by atoms with van der Waals surface area (Å²) in [5, 5.41) is 1.02. The molecule has 0 unspecified atom stereocenters. The van der Waals surface area contributed by atoms with Crippen molar-refractivity contribution >= 4 is 39.3 Å². The third-order valence-corrected chi connectivity index (χ3v) is 8.96. The summed E-state index contributed by atoms with van der Waals surface area (Å²) in [7, 11) is -2.88. The van der Waals surface area contributed by atoms with E-state index in [9.17, 15) is 22.2 Å². The molecule has 1 heterocycles. The molecule has 43 heavy (non-hydrogen) atoms. The number of imidazole rings is 1. The van der Waals surface area contributed by atoms with E-state index in [0.29, 0.717) is 27.2 Å². The van der Waals surface area contributed by atoms with E-state index in [2.05, 4.69) is 4.98 Å². The van der Waals surface area contributed by atoms with Crippen LogP contribution in [0.25, 0.3) is 5.69 Å². The fraction of sp³-hybridized carbons (Fsp3) is 0.267. The van der Waals surface area contributed by atoms with Crippen LogP contribution in [0.3, 0.4) is 0 Å². The van der Waals surface area contributed by atoms with Crippen LogP contribution in [0.1, 0.15) is 53.9 Å². The third-order valence-electron chi connectivity index (χ3n) is 6.86. The molecule has 0 saturated carbocycles. The molecule has 222 valence electrons. The Hall–Kier alpha value is -2.25. The Labute approximate surface area is 281 Å². The summed E-state index contributed by atoms with van der Waals surface area (Å²) in [4.78, 5) is 17.0. The van der Waals surface area contributed by atoms with Crippen molar-refractivity contribution in [2.24, 2.45) is 0 Å². The maximum Gasteiger partial charge on any atom is 1.00 e. The summed E-state index contributed by atoms with van der Waals surface area (Å²) >= 11 is 7.52. The van der Waals surface area contributed by atoms with Crippen molar-refractivity contribution < 1.29 is 60.8 Å². The fourth-order valence-corrected chi connectivity index (χ4v) is 6.12. The summed E-state index contributed by atoms with van der Waals surface area (Å²) < 4.78 is 68.4. The van der Waals surface area contributed by atoms with Crippen molar-refractivity contribution in [1.29, 1.82) is 0 Å². The summed E-state index contributed by atoms with van der Waals surface area (Å²) in [6, 6.07) is 15.6. The minimum absolute atomic E-state index is 0. The molecule has 0 bridgehead atoms. The van der Waals surface area contributed by atoms with E-state index in [4.69, 9.17) is 16.3 Å². The number of thioether (sulfide) groups is 1. The number of halogens is 3. The molecule has 0 N–H and O–H groups in total. The molecule has 0 saturated heterocycles. The number of Topliss-reactive ketones (excluding diaryl/α,β-unsaturated/α-hetero) is 1. The normalized spacial score (nSPS) is 11.7. The molecule has 0 spiro atoms. The summed E-state index contributed by atoms with van der Waals surface area (Å²) in [6.07, 6.45) is 1.42. The average molecular weight is 657 g/mol. The Morgan fingerprint density at radius 3 is 2.42 bits per heavy atom. The van der Waals surface area contributed by atoms with Gasteiger partial charge in [0.1, 0.15) is 17.4 Å².